The third-order valence-electron chi connectivity index (χ3n) is 5.44. The standard InChI is InChI=1S/C26H25N3O3/c1-4-15-28(16-5-2)25(30)18-11-13-20(14-12-18)29-24-21-10-8-7-9-19(21)17-22(24)23(27-29)26(31)32-6-3/h4-5,7-14H,1-2,6,15-17H2,3H3. The van der Waals surface area contributed by atoms with Crippen LogP contribution in [-0.2, 0) is 11.2 Å². The Bertz CT molecular complexity index is 1180. The number of rotatable bonds is 8. The largest absolute Gasteiger partial charge is 0.461 e. The minimum absolute atomic E-state index is 0.0976. The Morgan fingerprint density at radius 2 is 1.78 bits per heavy atom. The molecule has 1 aliphatic carbocycles. The third-order valence-corrected chi connectivity index (χ3v) is 5.44. The second-order valence-corrected chi connectivity index (χ2v) is 7.48. The fraction of sp³-hybridized carbons (Fsp3) is 0.192. The number of nitrogens with zero attached hydrogens (tertiary/aromatic N) is 3. The summed E-state index contributed by atoms with van der Waals surface area (Å²) < 4.78 is 7.01. The van der Waals surface area contributed by atoms with Crippen LogP contribution in [-0.4, -0.2) is 46.3 Å². The Morgan fingerprint density at radius 3 is 2.44 bits per heavy atom. The monoisotopic (exact) mass is 427 g/mol. The van der Waals surface area contributed by atoms with Crippen LogP contribution >= 0.6 is 0 Å². The summed E-state index contributed by atoms with van der Waals surface area (Å²) in [6.45, 7) is 10.4. The van der Waals surface area contributed by atoms with Gasteiger partial charge in [-0.05, 0) is 36.8 Å². The smallest absolute Gasteiger partial charge is 0.359 e. The van der Waals surface area contributed by atoms with Crippen molar-refractivity contribution >= 4 is 11.9 Å². The van der Waals surface area contributed by atoms with Gasteiger partial charge >= 0.3 is 5.97 Å². The first-order valence-corrected chi connectivity index (χ1v) is 10.6. The topological polar surface area (TPSA) is 64.4 Å². The van der Waals surface area contributed by atoms with Crippen molar-refractivity contribution < 1.29 is 14.3 Å². The van der Waals surface area contributed by atoms with Gasteiger partial charge in [0, 0.05) is 36.2 Å². The highest BCUT2D eigenvalue weighted by Crippen LogP contribution is 2.39. The molecule has 1 aromatic heterocycles. The molecule has 0 aliphatic heterocycles. The van der Waals surface area contributed by atoms with Gasteiger partial charge in [0.1, 0.15) is 0 Å². The van der Waals surface area contributed by atoms with E-state index >= 15 is 0 Å². The molecule has 2 aromatic carbocycles. The van der Waals surface area contributed by atoms with Gasteiger partial charge in [-0.1, -0.05) is 36.4 Å². The van der Waals surface area contributed by atoms with Crippen LogP contribution in [0.5, 0.6) is 0 Å². The molecule has 1 aliphatic rings. The summed E-state index contributed by atoms with van der Waals surface area (Å²) in [7, 11) is 0. The van der Waals surface area contributed by atoms with Crippen molar-refractivity contribution in [2.45, 2.75) is 13.3 Å². The summed E-state index contributed by atoms with van der Waals surface area (Å²) in [5.74, 6) is -0.522. The first-order valence-electron chi connectivity index (χ1n) is 10.6. The lowest BCUT2D eigenvalue weighted by Gasteiger charge is -2.19. The van der Waals surface area contributed by atoms with Gasteiger partial charge in [0.25, 0.3) is 5.91 Å². The minimum Gasteiger partial charge on any atom is -0.461 e. The van der Waals surface area contributed by atoms with Crippen molar-refractivity contribution in [1.29, 1.82) is 0 Å². The predicted molar refractivity (Wildman–Crippen MR) is 124 cm³/mol. The van der Waals surface area contributed by atoms with E-state index in [1.807, 2.05) is 30.3 Å². The zero-order chi connectivity index (χ0) is 22.7. The first kappa shape index (κ1) is 21.3. The summed E-state index contributed by atoms with van der Waals surface area (Å²) in [5, 5.41) is 4.61. The maximum atomic E-state index is 12.8. The van der Waals surface area contributed by atoms with Crippen molar-refractivity contribution in [1.82, 2.24) is 14.7 Å². The second kappa shape index (κ2) is 9.06. The number of hydrogen-bond donors (Lipinski definition) is 0. The third kappa shape index (κ3) is 3.75. The van der Waals surface area contributed by atoms with Crippen LogP contribution in [0, 0.1) is 0 Å². The molecule has 0 spiro atoms. The first-order chi connectivity index (χ1) is 15.6. The van der Waals surface area contributed by atoms with E-state index < -0.39 is 5.97 Å². The van der Waals surface area contributed by atoms with Crippen molar-refractivity contribution in [3.8, 4) is 16.9 Å². The molecule has 162 valence electrons. The van der Waals surface area contributed by atoms with E-state index in [4.69, 9.17) is 4.74 Å². The zero-order valence-corrected chi connectivity index (χ0v) is 18.1. The highest BCUT2D eigenvalue weighted by Gasteiger charge is 2.31. The van der Waals surface area contributed by atoms with Crippen LogP contribution in [0.25, 0.3) is 16.9 Å². The number of carbonyl (C=O) groups is 2. The minimum atomic E-state index is -0.424. The van der Waals surface area contributed by atoms with Crippen molar-refractivity contribution in [2.24, 2.45) is 0 Å². The number of esters is 1. The maximum Gasteiger partial charge on any atom is 0.359 e. The normalized spacial score (nSPS) is 11.4. The summed E-state index contributed by atoms with van der Waals surface area (Å²) in [5.41, 5.74) is 5.62. The van der Waals surface area contributed by atoms with Gasteiger partial charge in [-0.15, -0.1) is 13.2 Å². The van der Waals surface area contributed by atoms with Gasteiger partial charge in [0.2, 0.25) is 0 Å². The lowest BCUT2D eigenvalue weighted by Crippen LogP contribution is -2.31. The molecule has 1 amide bonds. The second-order valence-electron chi connectivity index (χ2n) is 7.48. The molecule has 0 saturated carbocycles. The Morgan fingerprint density at radius 1 is 1.09 bits per heavy atom. The Labute approximate surface area is 187 Å². The molecule has 0 atom stereocenters. The van der Waals surface area contributed by atoms with Crippen molar-refractivity contribution in [3.63, 3.8) is 0 Å². The molecule has 3 aromatic rings. The molecule has 6 nitrogen and oxygen atoms in total. The molecular weight excluding hydrogens is 402 g/mol. The molecule has 0 radical (unpaired) electrons. The summed E-state index contributed by atoms with van der Waals surface area (Å²) >= 11 is 0. The molecular formula is C26H25N3O3. The van der Waals surface area contributed by atoms with Crippen LogP contribution in [0.4, 0.5) is 0 Å². The van der Waals surface area contributed by atoms with Crippen molar-refractivity contribution in [2.75, 3.05) is 19.7 Å². The van der Waals surface area contributed by atoms with Gasteiger partial charge in [0.05, 0.1) is 18.0 Å². The van der Waals surface area contributed by atoms with E-state index in [-0.39, 0.29) is 12.5 Å². The maximum absolute atomic E-state index is 12.8. The predicted octanol–water partition coefficient (Wildman–Crippen LogP) is 4.43. The number of fused-ring (bicyclic) bond motifs is 3. The fourth-order valence-corrected chi connectivity index (χ4v) is 4.02. The van der Waals surface area contributed by atoms with E-state index in [9.17, 15) is 9.59 Å². The van der Waals surface area contributed by atoms with E-state index in [2.05, 4.69) is 24.3 Å². The lowest BCUT2D eigenvalue weighted by molar-refractivity contribution is 0.0517. The van der Waals surface area contributed by atoms with Gasteiger partial charge in [-0.25, -0.2) is 9.48 Å². The van der Waals surface area contributed by atoms with Gasteiger partial charge < -0.3 is 9.64 Å². The summed E-state index contributed by atoms with van der Waals surface area (Å²) in [6, 6.07) is 15.3. The van der Waals surface area contributed by atoms with Gasteiger partial charge in [0.15, 0.2) is 5.69 Å². The summed E-state index contributed by atoms with van der Waals surface area (Å²) in [4.78, 5) is 27.1. The SMILES string of the molecule is C=CCN(CC=C)C(=O)c1ccc(-n2nc(C(=O)OCC)c3c2-c2ccccc2C3)cc1. The van der Waals surface area contributed by atoms with Crippen LogP contribution in [0.1, 0.15) is 38.9 Å². The summed E-state index contributed by atoms with van der Waals surface area (Å²) in [6.07, 6.45) is 4.02. The Hall–Kier alpha value is -3.93. The Kier molecular flexibility index (Phi) is 6.03. The quantitative estimate of drug-likeness (QED) is 0.308. The van der Waals surface area contributed by atoms with Crippen LogP contribution in [0.3, 0.4) is 0 Å². The van der Waals surface area contributed by atoms with E-state index in [1.165, 1.54) is 0 Å². The zero-order valence-electron chi connectivity index (χ0n) is 18.1. The molecule has 4 rings (SSSR count). The number of carbonyl (C=O) groups excluding carboxylic acids is 2. The van der Waals surface area contributed by atoms with Gasteiger partial charge in [-0.3, -0.25) is 4.79 Å². The average molecular weight is 428 g/mol. The van der Waals surface area contributed by atoms with Crippen LogP contribution in [0.15, 0.2) is 73.8 Å². The number of amides is 1. The van der Waals surface area contributed by atoms with Crippen LogP contribution < -0.4 is 0 Å². The number of hydrogen-bond acceptors (Lipinski definition) is 4. The van der Waals surface area contributed by atoms with Crippen LogP contribution in [0.2, 0.25) is 0 Å². The molecule has 0 unspecified atom stereocenters. The molecule has 1 heterocycles. The molecule has 0 fully saturated rings. The number of ether oxygens (including phenoxy) is 1. The molecule has 0 bridgehead atoms. The van der Waals surface area contributed by atoms with E-state index in [0.717, 1.165) is 28.1 Å². The molecule has 0 N–H and O–H groups in total. The molecule has 0 saturated heterocycles. The molecule has 32 heavy (non-hydrogen) atoms. The van der Waals surface area contributed by atoms with E-state index in [1.54, 1.807) is 40.8 Å². The highest BCUT2D eigenvalue weighted by atomic mass is 16.5. The van der Waals surface area contributed by atoms with E-state index in [0.29, 0.717) is 30.8 Å². The fourth-order valence-electron chi connectivity index (χ4n) is 4.02. The molecule has 6 heteroatoms. The average Bonchev–Trinajstić information content (AvgIpc) is 3.36. The highest BCUT2D eigenvalue weighted by molar-refractivity contribution is 5.95. The number of aromatic nitrogens is 2. The lowest BCUT2D eigenvalue weighted by atomic mass is 10.1. The van der Waals surface area contributed by atoms with Gasteiger partial charge in [-0.2, -0.15) is 5.10 Å². The Balaban J connectivity index is 1.74. The number of benzene rings is 2. The van der Waals surface area contributed by atoms with Crippen molar-refractivity contribution in [3.05, 3.63) is 96.2 Å².